The maximum absolute atomic E-state index is 14.3. The molecule has 1 aromatic heterocycles. The second-order valence-electron chi connectivity index (χ2n) is 8.00. The number of rotatable bonds is 6. The molecule has 0 saturated carbocycles. The van der Waals surface area contributed by atoms with Gasteiger partial charge in [0.15, 0.2) is 0 Å². The van der Waals surface area contributed by atoms with Crippen LogP contribution in [0.4, 0.5) is 29.1 Å². The van der Waals surface area contributed by atoms with Crippen molar-refractivity contribution in [2.24, 2.45) is 0 Å². The van der Waals surface area contributed by atoms with Crippen molar-refractivity contribution in [2.45, 2.75) is 49.0 Å². The van der Waals surface area contributed by atoms with Gasteiger partial charge in [-0.2, -0.15) is 13.2 Å². The molecule has 3 unspecified atom stereocenters. The number of nitrogens with zero attached hydrogens (tertiary/aromatic N) is 3. The van der Waals surface area contributed by atoms with Crippen LogP contribution in [0.2, 0.25) is 0 Å². The molecule has 4 rings (SSSR count). The van der Waals surface area contributed by atoms with Crippen LogP contribution in [-0.2, 0) is 15.8 Å². The average molecular weight is 489 g/mol. The van der Waals surface area contributed by atoms with E-state index in [0.29, 0.717) is 18.4 Å². The van der Waals surface area contributed by atoms with Crippen molar-refractivity contribution < 1.29 is 35.8 Å². The van der Waals surface area contributed by atoms with E-state index in [9.17, 15) is 26.3 Å². The standard InChI is InChI=1S/C20H22F4N4O4S/c1-11-18(27-17-3-2-15(33(29)30)6-16(17)21)25-10-26-19(11)32-14-4-12-7-31-8-13(5-14)28(12)9-20(22,23)24/h2-3,6,10,12-14H,4-5,7-9H2,1H3,(H,29,30)(H,25,26,27)/p-1. The summed E-state index contributed by atoms with van der Waals surface area (Å²) in [5.41, 5.74) is 0.497. The summed E-state index contributed by atoms with van der Waals surface area (Å²) in [5.74, 6) is -0.284. The summed E-state index contributed by atoms with van der Waals surface area (Å²) in [6.45, 7) is 1.08. The molecule has 1 N–H and O–H groups in total. The fraction of sp³-hybridized carbons (Fsp3) is 0.500. The van der Waals surface area contributed by atoms with Crippen LogP contribution >= 0.6 is 0 Å². The van der Waals surface area contributed by atoms with Crippen molar-refractivity contribution in [3.63, 3.8) is 0 Å². The zero-order valence-corrected chi connectivity index (χ0v) is 18.3. The van der Waals surface area contributed by atoms with Crippen LogP contribution in [-0.4, -0.2) is 67.8 Å². The molecule has 0 aliphatic carbocycles. The van der Waals surface area contributed by atoms with Crippen molar-refractivity contribution in [3.05, 3.63) is 35.9 Å². The largest absolute Gasteiger partial charge is 0.768 e. The minimum Gasteiger partial charge on any atom is -0.768 e. The zero-order chi connectivity index (χ0) is 23.8. The van der Waals surface area contributed by atoms with Crippen molar-refractivity contribution in [1.82, 2.24) is 14.9 Å². The molecule has 3 heterocycles. The summed E-state index contributed by atoms with van der Waals surface area (Å²) in [5, 5.41) is 2.80. The monoisotopic (exact) mass is 489 g/mol. The van der Waals surface area contributed by atoms with Gasteiger partial charge in [-0.25, -0.2) is 14.4 Å². The normalized spacial score (nSPS) is 24.4. The maximum atomic E-state index is 14.3. The summed E-state index contributed by atoms with van der Waals surface area (Å²) in [7, 11) is 0. The Morgan fingerprint density at radius 1 is 1.27 bits per heavy atom. The minimum absolute atomic E-state index is 0.0177. The molecule has 2 saturated heterocycles. The Balaban J connectivity index is 1.47. The van der Waals surface area contributed by atoms with E-state index in [0.717, 1.165) is 6.07 Å². The van der Waals surface area contributed by atoms with E-state index in [4.69, 9.17) is 9.47 Å². The summed E-state index contributed by atoms with van der Waals surface area (Å²) >= 11 is -2.56. The average Bonchev–Trinajstić information content (AvgIpc) is 2.71. The Morgan fingerprint density at radius 2 is 1.97 bits per heavy atom. The van der Waals surface area contributed by atoms with Crippen LogP contribution in [0.25, 0.3) is 0 Å². The number of hydrogen-bond donors (Lipinski definition) is 1. The summed E-state index contributed by atoms with van der Waals surface area (Å²) in [4.78, 5) is 9.47. The Kier molecular flexibility index (Phi) is 6.84. The second-order valence-corrected chi connectivity index (χ2v) is 8.94. The molecule has 0 spiro atoms. The second kappa shape index (κ2) is 9.49. The Morgan fingerprint density at radius 3 is 2.58 bits per heavy atom. The third-order valence-corrected chi connectivity index (χ3v) is 6.33. The van der Waals surface area contributed by atoms with Crippen molar-refractivity contribution in [2.75, 3.05) is 25.1 Å². The lowest BCUT2D eigenvalue weighted by atomic mass is 9.91. The number of aromatic nitrogens is 2. The van der Waals surface area contributed by atoms with Gasteiger partial charge in [0, 0.05) is 29.8 Å². The number of ether oxygens (including phenoxy) is 2. The molecular formula is C20H21F4N4O4S-. The van der Waals surface area contributed by atoms with Crippen LogP contribution in [0, 0.1) is 12.7 Å². The van der Waals surface area contributed by atoms with Gasteiger partial charge in [-0.15, -0.1) is 0 Å². The van der Waals surface area contributed by atoms with Crippen LogP contribution in [0.5, 0.6) is 5.88 Å². The fourth-order valence-corrected chi connectivity index (χ4v) is 4.55. The van der Waals surface area contributed by atoms with E-state index in [2.05, 4.69) is 15.3 Å². The first-order chi connectivity index (χ1) is 15.6. The first-order valence-electron chi connectivity index (χ1n) is 10.1. The number of fused-ring (bicyclic) bond motifs is 2. The van der Waals surface area contributed by atoms with Gasteiger partial charge >= 0.3 is 6.18 Å². The molecule has 2 fully saturated rings. The quantitative estimate of drug-likeness (QED) is 0.488. The minimum atomic E-state index is -4.29. The number of halogens is 4. The molecule has 2 aliphatic heterocycles. The number of morpholine rings is 1. The molecule has 1 aromatic carbocycles. The highest BCUT2D eigenvalue weighted by Crippen LogP contribution is 2.34. The lowest BCUT2D eigenvalue weighted by molar-refractivity contribution is -0.187. The molecule has 2 aliphatic rings. The van der Waals surface area contributed by atoms with Gasteiger partial charge in [-0.05, 0) is 36.2 Å². The molecule has 3 atom stereocenters. The third-order valence-electron chi connectivity index (χ3n) is 5.69. The van der Waals surface area contributed by atoms with Gasteiger partial charge in [0.25, 0.3) is 0 Å². The van der Waals surface area contributed by atoms with Gasteiger partial charge < -0.3 is 19.3 Å². The molecule has 33 heavy (non-hydrogen) atoms. The summed E-state index contributed by atoms with van der Waals surface area (Å²) < 4.78 is 86.6. The number of alkyl halides is 3. The highest BCUT2D eigenvalue weighted by molar-refractivity contribution is 7.79. The van der Waals surface area contributed by atoms with Gasteiger partial charge in [-0.3, -0.25) is 9.11 Å². The molecule has 8 nitrogen and oxygen atoms in total. The summed E-state index contributed by atoms with van der Waals surface area (Å²) in [6, 6.07) is 2.58. The highest BCUT2D eigenvalue weighted by Gasteiger charge is 2.45. The van der Waals surface area contributed by atoms with Crippen LogP contribution < -0.4 is 10.1 Å². The highest BCUT2D eigenvalue weighted by atomic mass is 32.2. The van der Waals surface area contributed by atoms with Gasteiger partial charge in [0.2, 0.25) is 5.88 Å². The van der Waals surface area contributed by atoms with Crippen LogP contribution in [0.15, 0.2) is 29.4 Å². The number of nitrogens with one attached hydrogen (secondary N) is 1. The van der Waals surface area contributed by atoms with Crippen LogP contribution in [0.1, 0.15) is 18.4 Å². The Bertz CT molecular complexity index is 1030. The Labute approximate surface area is 189 Å². The van der Waals surface area contributed by atoms with E-state index >= 15 is 0 Å². The summed E-state index contributed by atoms with van der Waals surface area (Å²) in [6.07, 6.45) is -2.73. The number of benzene rings is 1. The van der Waals surface area contributed by atoms with Crippen molar-refractivity contribution >= 4 is 22.6 Å². The van der Waals surface area contributed by atoms with Crippen molar-refractivity contribution in [3.8, 4) is 5.88 Å². The fourth-order valence-electron chi connectivity index (χ4n) is 4.17. The topological polar surface area (TPSA) is 99.6 Å². The van der Waals surface area contributed by atoms with Crippen LogP contribution in [0.3, 0.4) is 0 Å². The molecular weight excluding hydrogens is 468 g/mol. The maximum Gasteiger partial charge on any atom is 0.401 e. The number of anilines is 2. The molecule has 180 valence electrons. The molecule has 2 aromatic rings. The van der Waals surface area contributed by atoms with Gasteiger partial charge in [0.1, 0.15) is 24.1 Å². The van der Waals surface area contributed by atoms with E-state index in [1.54, 1.807) is 6.92 Å². The lowest BCUT2D eigenvalue weighted by Crippen LogP contribution is -2.60. The van der Waals surface area contributed by atoms with E-state index in [-0.39, 0.29) is 41.6 Å². The number of hydrogen-bond acceptors (Lipinski definition) is 8. The van der Waals surface area contributed by atoms with E-state index in [1.165, 1.54) is 23.4 Å². The molecule has 0 amide bonds. The number of piperidine rings is 1. The van der Waals surface area contributed by atoms with E-state index in [1.807, 2.05) is 0 Å². The first-order valence-corrected chi connectivity index (χ1v) is 11.2. The lowest BCUT2D eigenvalue weighted by Gasteiger charge is -2.48. The predicted molar refractivity (Wildman–Crippen MR) is 108 cm³/mol. The first kappa shape index (κ1) is 23.8. The third kappa shape index (κ3) is 5.60. The van der Waals surface area contributed by atoms with Gasteiger partial charge in [0.05, 0.1) is 31.0 Å². The molecule has 2 bridgehead atoms. The van der Waals surface area contributed by atoms with Gasteiger partial charge in [-0.1, -0.05) is 0 Å². The SMILES string of the molecule is Cc1c(Nc2ccc(S(=O)[O-])cc2F)ncnc1OC1CC2COCC(C1)N2CC(F)(F)F. The smallest absolute Gasteiger partial charge is 0.401 e. The molecule has 0 radical (unpaired) electrons. The van der Waals surface area contributed by atoms with E-state index < -0.39 is 41.7 Å². The predicted octanol–water partition coefficient (Wildman–Crippen LogP) is 3.08. The molecule has 13 heteroatoms. The van der Waals surface area contributed by atoms with Crippen molar-refractivity contribution in [1.29, 1.82) is 0 Å². The zero-order valence-electron chi connectivity index (χ0n) is 17.5. The Hall–Kier alpha value is -2.35.